The second-order valence-corrected chi connectivity index (χ2v) is 7.27. The molecule has 2 amide bonds. The number of benzene rings is 1. The van der Waals surface area contributed by atoms with Gasteiger partial charge in [0.15, 0.2) is 4.34 Å². The Kier molecular flexibility index (Phi) is 4.77. The van der Waals surface area contributed by atoms with Gasteiger partial charge in [0.2, 0.25) is 11.0 Å². The average molecular weight is 349 g/mol. The summed E-state index contributed by atoms with van der Waals surface area (Å²) in [6, 6.07) is 7.24. The molecule has 120 valence electrons. The second kappa shape index (κ2) is 6.97. The molecule has 0 radical (unpaired) electrons. The van der Waals surface area contributed by atoms with Crippen LogP contribution >= 0.6 is 23.1 Å². The number of hydrogen-bond acceptors (Lipinski definition) is 7. The summed E-state index contributed by atoms with van der Waals surface area (Å²) in [6.45, 7) is 0. The molecule has 0 spiro atoms. The molecule has 4 N–H and O–H groups in total. The third kappa shape index (κ3) is 4.42. The minimum atomic E-state index is -0.213. The van der Waals surface area contributed by atoms with E-state index in [0.29, 0.717) is 20.7 Å². The van der Waals surface area contributed by atoms with Crippen molar-refractivity contribution in [1.29, 1.82) is 0 Å². The van der Waals surface area contributed by atoms with Crippen molar-refractivity contribution < 1.29 is 9.59 Å². The van der Waals surface area contributed by atoms with E-state index in [2.05, 4.69) is 20.8 Å². The molecular weight excluding hydrogens is 334 g/mol. The van der Waals surface area contributed by atoms with Gasteiger partial charge >= 0.3 is 0 Å². The molecule has 1 fully saturated rings. The molecule has 0 unspecified atom stereocenters. The maximum Gasteiger partial charge on any atom is 0.253 e. The number of anilines is 2. The molecule has 0 aliphatic heterocycles. The molecule has 1 aromatic heterocycles. The van der Waals surface area contributed by atoms with E-state index >= 15 is 0 Å². The molecule has 1 heterocycles. The Morgan fingerprint density at radius 2 is 2.09 bits per heavy atom. The number of para-hydroxylation sites is 1. The second-order valence-electron chi connectivity index (χ2n) is 5.04. The van der Waals surface area contributed by atoms with Crippen molar-refractivity contribution in [3.8, 4) is 0 Å². The zero-order valence-corrected chi connectivity index (χ0v) is 13.7. The van der Waals surface area contributed by atoms with Gasteiger partial charge < -0.3 is 16.4 Å². The number of aromatic nitrogens is 2. The fourth-order valence-electron chi connectivity index (χ4n) is 1.87. The summed E-state index contributed by atoms with van der Waals surface area (Å²) in [5.41, 5.74) is 6.47. The van der Waals surface area contributed by atoms with Gasteiger partial charge in [-0.25, -0.2) is 0 Å². The average Bonchev–Trinajstić information content (AvgIpc) is 3.25. The Morgan fingerprint density at radius 1 is 1.30 bits per heavy atom. The van der Waals surface area contributed by atoms with Gasteiger partial charge in [-0.05, 0) is 25.0 Å². The minimum Gasteiger partial charge on any atom is -0.374 e. The van der Waals surface area contributed by atoms with Crippen LogP contribution in [-0.4, -0.2) is 33.8 Å². The van der Waals surface area contributed by atoms with E-state index in [1.165, 1.54) is 23.1 Å². The Bertz CT molecular complexity index is 729. The summed E-state index contributed by atoms with van der Waals surface area (Å²) in [7, 11) is 0. The van der Waals surface area contributed by atoms with Gasteiger partial charge in [-0.2, -0.15) is 0 Å². The first-order chi connectivity index (χ1) is 11.1. The molecule has 1 aliphatic carbocycles. The van der Waals surface area contributed by atoms with Crippen LogP contribution in [0.25, 0.3) is 0 Å². The molecule has 7 nitrogen and oxygen atoms in total. The Labute approximate surface area is 141 Å². The molecule has 3 rings (SSSR count). The Morgan fingerprint density at radius 3 is 2.78 bits per heavy atom. The summed E-state index contributed by atoms with van der Waals surface area (Å²) in [5, 5.41) is 13.6. The molecule has 1 aromatic carbocycles. The quantitative estimate of drug-likeness (QED) is 0.685. The third-order valence-electron chi connectivity index (χ3n) is 3.11. The van der Waals surface area contributed by atoms with Gasteiger partial charge in [-0.15, -0.1) is 10.2 Å². The normalized spacial score (nSPS) is 13.6. The molecule has 0 bridgehead atoms. The number of thioether (sulfide) groups is 1. The zero-order valence-electron chi connectivity index (χ0n) is 12.1. The standard InChI is InChI=1S/C14H15N5O2S2/c15-13-18-19-14(23-13)22-7-11(20)17-10-4-2-1-3-9(10)12(21)16-8-5-6-8/h1-4,8H,5-7H2,(H2,15,18)(H,16,21)(H,17,20). The highest BCUT2D eigenvalue weighted by atomic mass is 32.2. The van der Waals surface area contributed by atoms with Gasteiger partial charge in [-0.3, -0.25) is 9.59 Å². The largest absolute Gasteiger partial charge is 0.374 e. The number of carbonyl (C=O) groups is 2. The first-order valence-electron chi connectivity index (χ1n) is 7.03. The van der Waals surface area contributed by atoms with Crippen LogP contribution in [0.1, 0.15) is 23.2 Å². The summed E-state index contributed by atoms with van der Waals surface area (Å²) in [6.07, 6.45) is 2.03. The highest BCUT2D eigenvalue weighted by Gasteiger charge is 2.25. The number of nitrogen functional groups attached to an aromatic ring is 1. The predicted molar refractivity (Wildman–Crippen MR) is 90.6 cm³/mol. The van der Waals surface area contributed by atoms with E-state index in [1.54, 1.807) is 24.3 Å². The minimum absolute atomic E-state index is 0.159. The van der Waals surface area contributed by atoms with Crippen LogP contribution in [0.3, 0.4) is 0 Å². The number of nitrogens with zero attached hydrogens (tertiary/aromatic N) is 2. The van der Waals surface area contributed by atoms with Crippen molar-refractivity contribution in [2.45, 2.75) is 23.2 Å². The fourth-order valence-corrected chi connectivity index (χ4v) is 3.31. The lowest BCUT2D eigenvalue weighted by Gasteiger charge is -2.10. The summed E-state index contributed by atoms with van der Waals surface area (Å²) in [5.74, 6) is -0.198. The molecular formula is C14H15N5O2S2. The van der Waals surface area contributed by atoms with Crippen molar-refractivity contribution in [1.82, 2.24) is 15.5 Å². The van der Waals surface area contributed by atoms with Crippen LogP contribution in [0.4, 0.5) is 10.8 Å². The summed E-state index contributed by atoms with van der Waals surface area (Å²) in [4.78, 5) is 24.2. The van der Waals surface area contributed by atoms with Crippen LogP contribution in [0.2, 0.25) is 0 Å². The van der Waals surface area contributed by atoms with Gasteiger partial charge in [0.25, 0.3) is 5.91 Å². The number of carbonyl (C=O) groups excluding carboxylic acids is 2. The number of nitrogens with two attached hydrogens (primary N) is 1. The van der Waals surface area contributed by atoms with Crippen LogP contribution in [-0.2, 0) is 4.79 Å². The highest BCUT2D eigenvalue weighted by Crippen LogP contribution is 2.24. The number of hydrogen-bond donors (Lipinski definition) is 3. The van der Waals surface area contributed by atoms with Crippen molar-refractivity contribution >= 4 is 45.7 Å². The Balaban J connectivity index is 1.60. The van der Waals surface area contributed by atoms with E-state index in [0.717, 1.165) is 12.8 Å². The van der Waals surface area contributed by atoms with Crippen LogP contribution in [0.5, 0.6) is 0 Å². The third-order valence-corrected chi connectivity index (χ3v) is 4.99. The van der Waals surface area contributed by atoms with Gasteiger partial charge in [0.1, 0.15) is 0 Å². The molecule has 9 heteroatoms. The molecule has 0 saturated heterocycles. The first kappa shape index (κ1) is 15.8. The maximum absolute atomic E-state index is 12.2. The van der Waals surface area contributed by atoms with Crippen molar-refractivity contribution in [3.05, 3.63) is 29.8 Å². The first-order valence-corrected chi connectivity index (χ1v) is 8.83. The molecule has 0 atom stereocenters. The molecule has 23 heavy (non-hydrogen) atoms. The maximum atomic E-state index is 12.2. The monoisotopic (exact) mass is 349 g/mol. The van der Waals surface area contributed by atoms with Crippen LogP contribution in [0.15, 0.2) is 28.6 Å². The molecule has 2 aromatic rings. The predicted octanol–water partition coefficient (Wildman–Crippen LogP) is 1.74. The van der Waals surface area contributed by atoms with E-state index in [1.807, 2.05) is 0 Å². The van der Waals surface area contributed by atoms with Crippen LogP contribution in [0, 0.1) is 0 Å². The van der Waals surface area contributed by atoms with Crippen molar-refractivity contribution in [2.24, 2.45) is 0 Å². The lowest BCUT2D eigenvalue weighted by molar-refractivity contribution is -0.113. The number of nitrogens with one attached hydrogen (secondary N) is 2. The van der Waals surface area contributed by atoms with Crippen molar-refractivity contribution in [3.63, 3.8) is 0 Å². The lowest BCUT2D eigenvalue weighted by Crippen LogP contribution is -2.27. The van der Waals surface area contributed by atoms with E-state index in [-0.39, 0.29) is 23.6 Å². The van der Waals surface area contributed by atoms with Gasteiger partial charge in [-0.1, -0.05) is 35.2 Å². The van der Waals surface area contributed by atoms with E-state index < -0.39 is 0 Å². The highest BCUT2D eigenvalue weighted by molar-refractivity contribution is 8.01. The number of amides is 2. The topological polar surface area (TPSA) is 110 Å². The Hall–Kier alpha value is -2.13. The van der Waals surface area contributed by atoms with Gasteiger partial charge in [0.05, 0.1) is 17.0 Å². The molecule has 1 aliphatic rings. The van der Waals surface area contributed by atoms with Crippen LogP contribution < -0.4 is 16.4 Å². The molecule has 1 saturated carbocycles. The lowest BCUT2D eigenvalue weighted by atomic mass is 10.1. The van der Waals surface area contributed by atoms with Gasteiger partial charge in [0, 0.05) is 6.04 Å². The SMILES string of the molecule is Nc1nnc(SCC(=O)Nc2ccccc2C(=O)NC2CC2)s1. The summed E-state index contributed by atoms with van der Waals surface area (Å²) < 4.78 is 0.636. The van der Waals surface area contributed by atoms with E-state index in [4.69, 9.17) is 5.73 Å². The summed E-state index contributed by atoms with van der Waals surface area (Å²) >= 11 is 2.49. The van der Waals surface area contributed by atoms with Crippen molar-refractivity contribution in [2.75, 3.05) is 16.8 Å². The fraction of sp³-hybridized carbons (Fsp3) is 0.286. The van der Waals surface area contributed by atoms with E-state index in [9.17, 15) is 9.59 Å². The zero-order chi connectivity index (χ0) is 16.2. The smallest absolute Gasteiger partial charge is 0.253 e. The number of rotatable bonds is 6.